The third kappa shape index (κ3) is 5.14. The molecule has 7 nitrogen and oxygen atoms in total. The topological polar surface area (TPSA) is 92.5 Å². The van der Waals surface area contributed by atoms with Crippen molar-refractivity contribution in [1.29, 1.82) is 0 Å². The van der Waals surface area contributed by atoms with Crippen LogP contribution in [0.25, 0.3) is 0 Å². The van der Waals surface area contributed by atoms with Gasteiger partial charge in [0, 0.05) is 19.1 Å². The maximum atomic E-state index is 12.1. The van der Waals surface area contributed by atoms with Gasteiger partial charge in [0.2, 0.25) is 0 Å². The monoisotopic (exact) mass is 313 g/mol. The van der Waals surface area contributed by atoms with Crippen molar-refractivity contribution in [3.63, 3.8) is 0 Å². The van der Waals surface area contributed by atoms with Crippen LogP contribution < -0.4 is 16.4 Å². The Morgan fingerprint density at radius 3 is 2.90 bits per heavy atom. The summed E-state index contributed by atoms with van der Waals surface area (Å²) in [6.07, 6.45) is 2.09. The van der Waals surface area contributed by atoms with Gasteiger partial charge in [-0.05, 0) is 38.5 Å². The Kier molecular flexibility index (Phi) is 5.77. The van der Waals surface area contributed by atoms with Crippen molar-refractivity contribution in [3.05, 3.63) is 5.56 Å². The molecular weight excluding hydrogens is 290 g/mol. The summed E-state index contributed by atoms with van der Waals surface area (Å²) in [7, 11) is 4.01. The van der Waals surface area contributed by atoms with E-state index in [0.717, 1.165) is 19.4 Å². The van der Waals surface area contributed by atoms with E-state index >= 15 is 0 Å². The van der Waals surface area contributed by atoms with Gasteiger partial charge in [0.1, 0.15) is 10.6 Å². The molecule has 4 N–H and O–H groups in total. The summed E-state index contributed by atoms with van der Waals surface area (Å²) in [6, 6.07) is 0.305. The lowest BCUT2D eigenvalue weighted by Gasteiger charge is -2.10. The maximum Gasteiger partial charge on any atom is 0.258 e. The van der Waals surface area contributed by atoms with Crippen molar-refractivity contribution in [2.45, 2.75) is 18.9 Å². The minimum absolute atomic E-state index is 0.139. The first-order chi connectivity index (χ1) is 10.1. The van der Waals surface area contributed by atoms with E-state index in [4.69, 9.17) is 10.5 Å². The molecule has 21 heavy (non-hydrogen) atoms. The number of rotatable bonds is 9. The zero-order valence-corrected chi connectivity index (χ0v) is 13.3. The summed E-state index contributed by atoms with van der Waals surface area (Å²) < 4.78 is 9.55. The largest absolute Gasteiger partial charge is 0.382 e. The lowest BCUT2D eigenvalue weighted by Crippen LogP contribution is -2.27. The number of hydrogen-bond acceptors (Lipinski definition) is 7. The molecule has 1 aromatic heterocycles. The van der Waals surface area contributed by atoms with E-state index in [1.165, 1.54) is 11.5 Å². The first-order valence-electron chi connectivity index (χ1n) is 7.10. The Morgan fingerprint density at radius 1 is 1.48 bits per heavy atom. The molecular formula is C13H23N5O2S. The van der Waals surface area contributed by atoms with Crippen LogP contribution in [-0.2, 0) is 4.74 Å². The predicted octanol–water partition coefficient (Wildman–Crippen LogP) is 0.608. The molecule has 1 aliphatic carbocycles. The number of amides is 1. The zero-order chi connectivity index (χ0) is 15.2. The highest BCUT2D eigenvalue weighted by Gasteiger charge is 2.27. The summed E-state index contributed by atoms with van der Waals surface area (Å²) in [5.74, 6) is 0.147. The molecule has 8 heteroatoms. The van der Waals surface area contributed by atoms with E-state index in [2.05, 4.69) is 19.9 Å². The Hall–Kier alpha value is -1.38. The fourth-order valence-corrected chi connectivity index (χ4v) is 2.45. The quantitative estimate of drug-likeness (QED) is 0.578. The lowest BCUT2D eigenvalue weighted by atomic mass is 10.3. The van der Waals surface area contributed by atoms with Crippen molar-refractivity contribution in [2.75, 3.05) is 51.4 Å². The lowest BCUT2D eigenvalue weighted by molar-refractivity contribution is 0.0952. The summed E-state index contributed by atoms with van der Waals surface area (Å²) >= 11 is 1.21. The van der Waals surface area contributed by atoms with Crippen molar-refractivity contribution >= 4 is 28.3 Å². The molecule has 1 amide bonds. The van der Waals surface area contributed by atoms with E-state index in [0.29, 0.717) is 36.4 Å². The molecule has 1 aromatic rings. The molecule has 0 atom stereocenters. The summed E-state index contributed by atoms with van der Waals surface area (Å²) in [4.78, 5) is 14.2. The summed E-state index contributed by atoms with van der Waals surface area (Å²) in [6.45, 7) is 2.78. The van der Waals surface area contributed by atoms with Crippen molar-refractivity contribution in [3.8, 4) is 0 Å². The van der Waals surface area contributed by atoms with Crippen LogP contribution >= 0.6 is 11.5 Å². The van der Waals surface area contributed by atoms with Crippen LogP contribution in [0.1, 0.15) is 23.2 Å². The highest BCUT2D eigenvalue weighted by molar-refractivity contribution is 7.11. The average Bonchev–Trinajstić information content (AvgIpc) is 3.15. The third-order valence-corrected chi connectivity index (χ3v) is 3.89. The first-order valence-corrected chi connectivity index (χ1v) is 7.87. The molecule has 0 bridgehead atoms. The molecule has 0 aliphatic heterocycles. The number of hydrogen-bond donors (Lipinski definition) is 3. The van der Waals surface area contributed by atoms with Crippen LogP contribution in [0.15, 0.2) is 0 Å². The molecule has 1 aliphatic rings. The van der Waals surface area contributed by atoms with Crippen LogP contribution in [0, 0.1) is 0 Å². The van der Waals surface area contributed by atoms with E-state index < -0.39 is 0 Å². The number of nitrogens with two attached hydrogens (primary N) is 1. The standard InChI is InChI=1S/C13H23N5O2S/c1-18(2)6-8-20-7-5-15-13-10(11(14)17-21-13)12(19)16-9-3-4-9/h9,15H,3-8H2,1-2H3,(H2,14,17)(H,16,19). The van der Waals surface area contributed by atoms with Crippen molar-refractivity contribution in [2.24, 2.45) is 0 Å². The molecule has 0 saturated heterocycles. The van der Waals surface area contributed by atoms with Crippen LogP contribution in [-0.4, -0.2) is 61.6 Å². The number of ether oxygens (including phenoxy) is 1. The fourth-order valence-electron chi connectivity index (χ4n) is 1.71. The molecule has 118 valence electrons. The average molecular weight is 313 g/mol. The van der Waals surface area contributed by atoms with Crippen molar-refractivity contribution < 1.29 is 9.53 Å². The number of nitrogen functional groups attached to an aromatic ring is 1. The Morgan fingerprint density at radius 2 is 2.24 bits per heavy atom. The normalized spacial score (nSPS) is 14.4. The van der Waals surface area contributed by atoms with Gasteiger partial charge < -0.3 is 26.0 Å². The number of carbonyl (C=O) groups is 1. The summed E-state index contributed by atoms with van der Waals surface area (Å²) in [5, 5.41) is 6.82. The molecule has 0 unspecified atom stereocenters. The van der Waals surface area contributed by atoms with Crippen LogP contribution in [0.5, 0.6) is 0 Å². The molecule has 1 heterocycles. The zero-order valence-electron chi connectivity index (χ0n) is 12.5. The second-order valence-electron chi connectivity index (χ2n) is 5.36. The number of nitrogens with one attached hydrogen (secondary N) is 2. The Bertz CT molecular complexity index is 473. The van der Waals surface area contributed by atoms with Gasteiger partial charge in [0.25, 0.3) is 5.91 Å². The van der Waals surface area contributed by atoms with Gasteiger partial charge in [-0.15, -0.1) is 0 Å². The van der Waals surface area contributed by atoms with Crippen LogP contribution in [0.3, 0.4) is 0 Å². The number of likely N-dealkylation sites (N-methyl/N-ethyl adjacent to an activating group) is 1. The van der Waals surface area contributed by atoms with Gasteiger partial charge >= 0.3 is 0 Å². The first kappa shape index (κ1) is 16.0. The van der Waals surface area contributed by atoms with Gasteiger partial charge in [0.05, 0.1) is 13.2 Å². The van der Waals surface area contributed by atoms with E-state index in [1.54, 1.807) is 0 Å². The van der Waals surface area contributed by atoms with Gasteiger partial charge in [-0.3, -0.25) is 4.79 Å². The minimum Gasteiger partial charge on any atom is -0.382 e. The van der Waals surface area contributed by atoms with Gasteiger partial charge in [-0.2, -0.15) is 4.37 Å². The second kappa shape index (κ2) is 7.58. The van der Waals surface area contributed by atoms with E-state index in [-0.39, 0.29) is 11.7 Å². The van der Waals surface area contributed by atoms with Gasteiger partial charge in [-0.1, -0.05) is 0 Å². The SMILES string of the molecule is CN(C)CCOCCNc1snc(N)c1C(=O)NC1CC1. The molecule has 1 fully saturated rings. The smallest absolute Gasteiger partial charge is 0.258 e. The number of nitrogens with zero attached hydrogens (tertiary/aromatic N) is 2. The molecule has 0 spiro atoms. The predicted molar refractivity (Wildman–Crippen MR) is 84.9 cm³/mol. The molecule has 0 aromatic carbocycles. The Balaban J connectivity index is 1.76. The van der Waals surface area contributed by atoms with Crippen LogP contribution in [0.4, 0.5) is 10.8 Å². The Labute approximate surface area is 129 Å². The molecule has 2 rings (SSSR count). The van der Waals surface area contributed by atoms with Gasteiger partial charge in [-0.25, -0.2) is 0 Å². The van der Waals surface area contributed by atoms with Crippen LogP contribution in [0.2, 0.25) is 0 Å². The molecule has 0 radical (unpaired) electrons. The minimum atomic E-state index is -0.139. The number of carbonyl (C=O) groups excluding carboxylic acids is 1. The van der Waals surface area contributed by atoms with E-state index in [1.807, 2.05) is 14.1 Å². The third-order valence-electron chi connectivity index (χ3n) is 3.07. The number of aromatic nitrogens is 1. The van der Waals surface area contributed by atoms with Gasteiger partial charge in [0.15, 0.2) is 5.82 Å². The highest BCUT2D eigenvalue weighted by atomic mass is 32.1. The maximum absolute atomic E-state index is 12.1. The highest BCUT2D eigenvalue weighted by Crippen LogP contribution is 2.28. The van der Waals surface area contributed by atoms with E-state index in [9.17, 15) is 4.79 Å². The molecule has 1 saturated carbocycles. The number of anilines is 2. The fraction of sp³-hybridized carbons (Fsp3) is 0.692. The van der Waals surface area contributed by atoms with Crippen molar-refractivity contribution in [1.82, 2.24) is 14.6 Å². The second-order valence-corrected chi connectivity index (χ2v) is 6.14. The summed E-state index contributed by atoms with van der Waals surface area (Å²) in [5.41, 5.74) is 6.24.